The van der Waals surface area contributed by atoms with Crippen molar-refractivity contribution in [1.82, 2.24) is 15.4 Å². The smallest absolute Gasteiger partial charge is 0.341 e. The number of aliphatic carboxylic acids is 1. The molecule has 2 rings (SSSR count). The Hall–Kier alpha value is -3.29. The van der Waals surface area contributed by atoms with Crippen molar-refractivity contribution in [1.29, 1.82) is 0 Å². The Bertz CT molecular complexity index is 688. The molecule has 0 aliphatic carbocycles. The van der Waals surface area contributed by atoms with Gasteiger partial charge in [0.05, 0.1) is 12.4 Å². The number of amides is 1. The third-order valence-corrected chi connectivity index (χ3v) is 2.44. The van der Waals surface area contributed by atoms with E-state index in [9.17, 15) is 9.59 Å². The molecule has 2 N–H and O–H groups in total. The minimum absolute atomic E-state index is 0.134. The number of nitrogens with zero attached hydrogens (tertiary/aromatic N) is 3. The number of carboxylic acids is 1. The molecule has 1 aromatic heterocycles. The molecule has 0 unspecified atom stereocenters. The summed E-state index contributed by atoms with van der Waals surface area (Å²) in [4.78, 5) is 29.8. The van der Waals surface area contributed by atoms with Crippen molar-refractivity contribution in [2.45, 2.75) is 0 Å². The van der Waals surface area contributed by atoms with Gasteiger partial charge in [-0.25, -0.2) is 15.2 Å². The molecule has 0 fully saturated rings. The molecule has 1 heterocycles. The first-order valence-corrected chi connectivity index (χ1v) is 6.20. The highest BCUT2D eigenvalue weighted by Crippen LogP contribution is 2.15. The first kappa shape index (κ1) is 15.1. The minimum atomic E-state index is -1.08. The third-order valence-electron chi connectivity index (χ3n) is 2.44. The molecule has 112 valence electrons. The summed E-state index contributed by atoms with van der Waals surface area (Å²) >= 11 is 0. The zero-order valence-corrected chi connectivity index (χ0v) is 11.3. The number of benzene rings is 1. The molecular formula is C14H12N4O4. The Labute approximate surface area is 125 Å². The van der Waals surface area contributed by atoms with Crippen molar-refractivity contribution in [3.05, 3.63) is 54.1 Å². The normalized spacial score (nSPS) is 10.4. The summed E-state index contributed by atoms with van der Waals surface area (Å²) in [5.41, 5.74) is 2.96. The largest absolute Gasteiger partial charge is 0.481 e. The predicted octanol–water partition coefficient (Wildman–Crippen LogP) is 0.704. The van der Waals surface area contributed by atoms with Crippen LogP contribution in [0.4, 0.5) is 0 Å². The second-order valence-corrected chi connectivity index (χ2v) is 4.01. The number of carbonyl (C=O) groups is 2. The van der Waals surface area contributed by atoms with Crippen molar-refractivity contribution in [3.8, 4) is 5.75 Å². The Kier molecular flexibility index (Phi) is 5.14. The van der Waals surface area contributed by atoms with E-state index in [4.69, 9.17) is 9.84 Å². The van der Waals surface area contributed by atoms with Crippen LogP contribution in [0.25, 0.3) is 0 Å². The fraction of sp³-hybridized carbons (Fsp3) is 0.0714. The average Bonchev–Trinajstić information content (AvgIpc) is 2.54. The SMILES string of the molecule is O=C(O)COc1ccccc1/C=N\NC(=O)c1cnccn1. The Morgan fingerprint density at radius 1 is 1.32 bits per heavy atom. The van der Waals surface area contributed by atoms with Crippen LogP contribution in [0.5, 0.6) is 5.75 Å². The van der Waals surface area contributed by atoms with E-state index in [1.54, 1.807) is 24.3 Å². The van der Waals surface area contributed by atoms with E-state index in [1.807, 2.05) is 0 Å². The molecule has 0 radical (unpaired) electrons. The van der Waals surface area contributed by atoms with Gasteiger partial charge in [-0.05, 0) is 12.1 Å². The van der Waals surface area contributed by atoms with Crippen LogP contribution in [0, 0.1) is 0 Å². The quantitative estimate of drug-likeness (QED) is 0.599. The monoisotopic (exact) mass is 300 g/mol. The molecule has 0 atom stereocenters. The van der Waals surface area contributed by atoms with E-state index >= 15 is 0 Å². The van der Waals surface area contributed by atoms with Gasteiger partial charge in [0, 0.05) is 18.0 Å². The lowest BCUT2D eigenvalue weighted by Crippen LogP contribution is -2.19. The number of hydrazone groups is 1. The second-order valence-electron chi connectivity index (χ2n) is 4.01. The van der Waals surface area contributed by atoms with Gasteiger partial charge in [-0.15, -0.1) is 0 Å². The van der Waals surface area contributed by atoms with Crippen molar-refractivity contribution in [2.75, 3.05) is 6.61 Å². The molecular weight excluding hydrogens is 288 g/mol. The minimum Gasteiger partial charge on any atom is -0.481 e. The zero-order valence-electron chi connectivity index (χ0n) is 11.3. The average molecular weight is 300 g/mol. The van der Waals surface area contributed by atoms with Gasteiger partial charge < -0.3 is 9.84 Å². The first-order chi connectivity index (χ1) is 10.7. The van der Waals surface area contributed by atoms with E-state index in [2.05, 4.69) is 20.5 Å². The molecule has 2 aromatic rings. The van der Waals surface area contributed by atoms with Crippen LogP contribution >= 0.6 is 0 Å². The van der Waals surface area contributed by atoms with Gasteiger partial charge in [-0.2, -0.15) is 5.10 Å². The van der Waals surface area contributed by atoms with Crippen molar-refractivity contribution in [2.24, 2.45) is 5.10 Å². The maximum absolute atomic E-state index is 11.7. The Morgan fingerprint density at radius 2 is 2.14 bits per heavy atom. The van der Waals surface area contributed by atoms with E-state index < -0.39 is 18.5 Å². The summed E-state index contributed by atoms with van der Waals surface area (Å²) in [5.74, 6) is -1.24. The Morgan fingerprint density at radius 3 is 2.86 bits per heavy atom. The van der Waals surface area contributed by atoms with Gasteiger partial charge in [0.1, 0.15) is 11.4 Å². The van der Waals surface area contributed by atoms with Gasteiger partial charge in [-0.3, -0.25) is 9.78 Å². The summed E-state index contributed by atoms with van der Waals surface area (Å²) in [6.07, 6.45) is 5.52. The molecule has 0 spiro atoms. The number of hydrogen-bond acceptors (Lipinski definition) is 6. The lowest BCUT2D eigenvalue weighted by Gasteiger charge is -2.06. The number of hydrogen-bond donors (Lipinski definition) is 2. The van der Waals surface area contributed by atoms with E-state index in [-0.39, 0.29) is 5.69 Å². The first-order valence-electron chi connectivity index (χ1n) is 6.20. The van der Waals surface area contributed by atoms with Crippen LogP contribution in [0.15, 0.2) is 48.0 Å². The van der Waals surface area contributed by atoms with E-state index in [0.717, 1.165) is 0 Å². The van der Waals surface area contributed by atoms with Crippen LogP contribution in [-0.2, 0) is 4.79 Å². The number of ether oxygens (including phenoxy) is 1. The molecule has 22 heavy (non-hydrogen) atoms. The molecule has 8 nitrogen and oxygen atoms in total. The van der Waals surface area contributed by atoms with Crippen LogP contribution in [0.2, 0.25) is 0 Å². The van der Waals surface area contributed by atoms with Crippen molar-refractivity contribution >= 4 is 18.1 Å². The highest BCUT2D eigenvalue weighted by molar-refractivity contribution is 5.93. The summed E-state index contributed by atoms with van der Waals surface area (Å²) < 4.78 is 5.11. The maximum Gasteiger partial charge on any atom is 0.341 e. The fourth-order valence-electron chi connectivity index (χ4n) is 1.49. The standard InChI is InChI=1S/C14H12N4O4/c19-13(20)9-22-12-4-2-1-3-10(12)7-17-18-14(21)11-8-15-5-6-16-11/h1-8H,9H2,(H,18,21)(H,19,20)/b17-7-. The number of aromatic nitrogens is 2. The summed E-state index contributed by atoms with van der Waals surface area (Å²) in [6.45, 7) is -0.461. The lowest BCUT2D eigenvalue weighted by atomic mass is 10.2. The topological polar surface area (TPSA) is 114 Å². The Balaban J connectivity index is 2.01. The van der Waals surface area contributed by atoms with Crippen molar-refractivity contribution in [3.63, 3.8) is 0 Å². The highest BCUT2D eigenvalue weighted by Gasteiger charge is 2.06. The maximum atomic E-state index is 11.7. The fourth-order valence-corrected chi connectivity index (χ4v) is 1.49. The molecule has 0 bridgehead atoms. The van der Waals surface area contributed by atoms with E-state index in [1.165, 1.54) is 24.8 Å². The number of nitrogens with one attached hydrogen (secondary N) is 1. The zero-order chi connectivity index (χ0) is 15.8. The molecule has 0 aliphatic heterocycles. The lowest BCUT2D eigenvalue weighted by molar-refractivity contribution is -0.139. The molecule has 1 amide bonds. The number of para-hydroxylation sites is 1. The number of carboxylic acid groups (broad SMARTS) is 1. The van der Waals surface area contributed by atoms with Gasteiger partial charge in [0.25, 0.3) is 5.91 Å². The van der Waals surface area contributed by atoms with E-state index in [0.29, 0.717) is 11.3 Å². The van der Waals surface area contributed by atoms with Crippen LogP contribution in [0.1, 0.15) is 16.1 Å². The molecule has 8 heteroatoms. The van der Waals surface area contributed by atoms with Crippen LogP contribution in [0.3, 0.4) is 0 Å². The summed E-state index contributed by atoms with van der Waals surface area (Å²) in [6, 6.07) is 6.72. The molecule has 0 aliphatic rings. The van der Waals surface area contributed by atoms with Gasteiger partial charge in [0.15, 0.2) is 6.61 Å². The second kappa shape index (κ2) is 7.48. The summed E-state index contributed by atoms with van der Waals surface area (Å²) in [7, 11) is 0. The van der Waals surface area contributed by atoms with Crippen LogP contribution < -0.4 is 10.2 Å². The number of carbonyl (C=O) groups excluding carboxylic acids is 1. The molecule has 0 saturated carbocycles. The third kappa shape index (κ3) is 4.37. The highest BCUT2D eigenvalue weighted by atomic mass is 16.5. The molecule has 1 aromatic carbocycles. The van der Waals surface area contributed by atoms with Gasteiger partial charge >= 0.3 is 5.97 Å². The van der Waals surface area contributed by atoms with Gasteiger partial charge in [0.2, 0.25) is 0 Å². The molecule has 0 saturated heterocycles. The van der Waals surface area contributed by atoms with Crippen LogP contribution in [-0.4, -0.2) is 39.8 Å². The summed E-state index contributed by atoms with van der Waals surface area (Å²) in [5, 5.41) is 12.4. The van der Waals surface area contributed by atoms with Crippen molar-refractivity contribution < 1.29 is 19.4 Å². The van der Waals surface area contributed by atoms with Gasteiger partial charge in [-0.1, -0.05) is 12.1 Å². The predicted molar refractivity (Wildman–Crippen MR) is 76.7 cm³/mol. The number of rotatable bonds is 6.